The van der Waals surface area contributed by atoms with Crippen LogP contribution < -0.4 is 4.74 Å². The van der Waals surface area contributed by atoms with E-state index in [9.17, 15) is 14.3 Å². The highest BCUT2D eigenvalue weighted by molar-refractivity contribution is 6.31. The summed E-state index contributed by atoms with van der Waals surface area (Å²) in [6.45, 7) is 3.22. The van der Waals surface area contributed by atoms with Crippen LogP contribution in [0.2, 0.25) is 5.02 Å². The predicted octanol–water partition coefficient (Wildman–Crippen LogP) is 4.37. The highest BCUT2D eigenvalue weighted by Gasteiger charge is 2.50. The van der Waals surface area contributed by atoms with Crippen molar-refractivity contribution in [1.82, 2.24) is 4.90 Å². The molecule has 2 aliphatic heterocycles. The number of benzene rings is 2. The van der Waals surface area contributed by atoms with Crippen molar-refractivity contribution in [3.05, 3.63) is 64.4 Å². The summed E-state index contributed by atoms with van der Waals surface area (Å²) in [5.74, 6) is -0.860. The van der Waals surface area contributed by atoms with Crippen LogP contribution in [0.1, 0.15) is 24.0 Å². The maximum atomic E-state index is 14.0. The summed E-state index contributed by atoms with van der Waals surface area (Å²) < 4.78 is 25.2. The summed E-state index contributed by atoms with van der Waals surface area (Å²) in [6, 6.07) is 12.2. The largest absolute Gasteiger partial charge is 0.489 e. The minimum atomic E-state index is -0.724. The van der Waals surface area contributed by atoms with E-state index in [1.165, 1.54) is 6.07 Å². The summed E-state index contributed by atoms with van der Waals surface area (Å²) >= 11 is 6.07. The molecule has 1 spiro atoms. The molecular formula is C23H25ClFNO4. The molecule has 0 saturated carbocycles. The molecule has 1 unspecified atom stereocenters. The molecule has 4 rings (SSSR count). The van der Waals surface area contributed by atoms with E-state index in [1.54, 1.807) is 12.1 Å². The molecule has 2 fully saturated rings. The van der Waals surface area contributed by atoms with Gasteiger partial charge in [-0.15, -0.1) is 0 Å². The normalized spacial score (nSPS) is 21.1. The lowest BCUT2D eigenvalue weighted by atomic mass is 9.72. The number of halogens is 2. The molecule has 0 aromatic heterocycles. The van der Waals surface area contributed by atoms with E-state index in [0.29, 0.717) is 42.6 Å². The Morgan fingerprint density at radius 2 is 2.03 bits per heavy atom. The van der Waals surface area contributed by atoms with Crippen LogP contribution in [-0.2, 0) is 22.7 Å². The molecular weight excluding hydrogens is 409 g/mol. The number of carboxylic acid groups (broad SMARTS) is 1. The monoisotopic (exact) mass is 433 g/mol. The lowest BCUT2D eigenvalue weighted by molar-refractivity contribution is -0.147. The molecule has 160 valence electrons. The quantitative estimate of drug-likeness (QED) is 0.733. The lowest BCUT2D eigenvalue weighted by Crippen LogP contribution is -2.40. The van der Waals surface area contributed by atoms with Crippen LogP contribution in [0.5, 0.6) is 5.75 Å². The van der Waals surface area contributed by atoms with Crippen molar-refractivity contribution < 1.29 is 23.8 Å². The topological polar surface area (TPSA) is 59.0 Å². The van der Waals surface area contributed by atoms with Gasteiger partial charge in [-0.05, 0) is 42.7 Å². The van der Waals surface area contributed by atoms with Crippen LogP contribution in [0.25, 0.3) is 0 Å². The fraction of sp³-hybridized carbons (Fsp3) is 0.435. The average molecular weight is 434 g/mol. The number of carboxylic acids is 1. The second-order valence-electron chi connectivity index (χ2n) is 8.17. The van der Waals surface area contributed by atoms with Gasteiger partial charge in [0.25, 0.3) is 0 Å². The molecule has 0 amide bonds. The van der Waals surface area contributed by atoms with Gasteiger partial charge in [-0.3, -0.25) is 9.69 Å². The van der Waals surface area contributed by atoms with E-state index in [4.69, 9.17) is 21.1 Å². The molecule has 2 saturated heterocycles. The second-order valence-corrected chi connectivity index (χ2v) is 8.58. The molecule has 5 nitrogen and oxygen atoms in total. The van der Waals surface area contributed by atoms with Gasteiger partial charge in [0, 0.05) is 43.8 Å². The summed E-state index contributed by atoms with van der Waals surface area (Å²) in [4.78, 5) is 14.1. The van der Waals surface area contributed by atoms with Crippen LogP contribution >= 0.6 is 11.6 Å². The molecule has 2 aromatic carbocycles. The van der Waals surface area contributed by atoms with Gasteiger partial charge in [0.15, 0.2) is 0 Å². The number of carbonyl (C=O) groups is 1. The summed E-state index contributed by atoms with van der Waals surface area (Å²) in [5.41, 5.74) is 1.15. The van der Waals surface area contributed by atoms with Crippen LogP contribution in [0, 0.1) is 17.2 Å². The predicted molar refractivity (Wildman–Crippen MR) is 111 cm³/mol. The van der Waals surface area contributed by atoms with Gasteiger partial charge in [-0.25, -0.2) is 4.39 Å². The zero-order valence-electron chi connectivity index (χ0n) is 16.7. The van der Waals surface area contributed by atoms with Crippen LogP contribution in [0.3, 0.4) is 0 Å². The number of likely N-dealkylation sites (tertiary alicyclic amines) is 1. The van der Waals surface area contributed by atoms with E-state index in [0.717, 1.165) is 24.9 Å². The number of hydrogen-bond acceptors (Lipinski definition) is 4. The SMILES string of the molecule is O=C(O)C1CN(Cc2cccc(OCc3c(F)cccc3Cl)c2)CC12CCOCC2. The van der Waals surface area contributed by atoms with Crippen molar-refractivity contribution in [2.75, 3.05) is 26.3 Å². The van der Waals surface area contributed by atoms with Gasteiger partial charge in [-0.2, -0.15) is 0 Å². The Hall–Kier alpha value is -2.15. The Kier molecular flexibility index (Phi) is 6.27. The van der Waals surface area contributed by atoms with Crippen LogP contribution in [-0.4, -0.2) is 42.3 Å². The number of aliphatic carboxylic acids is 1. The third kappa shape index (κ3) is 4.46. The lowest BCUT2D eigenvalue weighted by Gasteiger charge is -2.36. The zero-order chi connectivity index (χ0) is 21.1. The van der Waals surface area contributed by atoms with E-state index in [1.807, 2.05) is 24.3 Å². The van der Waals surface area contributed by atoms with Gasteiger partial charge < -0.3 is 14.6 Å². The molecule has 2 aromatic rings. The Morgan fingerprint density at radius 3 is 2.77 bits per heavy atom. The third-order valence-corrected chi connectivity index (χ3v) is 6.61. The summed E-state index contributed by atoms with van der Waals surface area (Å²) in [7, 11) is 0. The highest BCUT2D eigenvalue weighted by atomic mass is 35.5. The molecule has 1 N–H and O–H groups in total. The van der Waals surface area contributed by atoms with Gasteiger partial charge in [0.2, 0.25) is 0 Å². The Balaban J connectivity index is 1.42. The van der Waals surface area contributed by atoms with Gasteiger partial charge in [0.1, 0.15) is 18.2 Å². The number of ether oxygens (including phenoxy) is 2. The van der Waals surface area contributed by atoms with Crippen molar-refractivity contribution in [1.29, 1.82) is 0 Å². The molecule has 0 radical (unpaired) electrons. The molecule has 0 aliphatic carbocycles. The first-order valence-electron chi connectivity index (χ1n) is 10.1. The van der Waals surface area contributed by atoms with E-state index in [-0.39, 0.29) is 17.9 Å². The van der Waals surface area contributed by atoms with E-state index < -0.39 is 11.8 Å². The van der Waals surface area contributed by atoms with Crippen molar-refractivity contribution in [3.8, 4) is 5.75 Å². The second kappa shape index (κ2) is 8.92. The van der Waals surface area contributed by atoms with Gasteiger partial charge >= 0.3 is 5.97 Å². The number of nitrogens with zero attached hydrogens (tertiary/aromatic N) is 1. The first kappa shape index (κ1) is 21.1. The molecule has 30 heavy (non-hydrogen) atoms. The molecule has 2 aliphatic rings. The third-order valence-electron chi connectivity index (χ3n) is 6.25. The first-order valence-corrected chi connectivity index (χ1v) is 10.5. The average Bonchev–Trinajstić information content (AvgIpc) is 3.06. The van der Waals surface area contributed by atoms with Crippen molar-refractivity contribution >= 4 is 17.6 Å². The molecule has 1 atom stereocenters. The number of rotatable bonds is 6. The van der Waals surface area contributed by atoms with Crippen LogP contribution in [0.15, 0.2) is 42.5 Å². The fourth-order valence-electron chi connectivity index (χ4n) is 4.63. The van der Waals surface area contributed by atoms with E-state index in [2.05, 4.69) is 4.90 Å². The fourth-order valence-corrected chi connectivity index (χ4v) is 4.85. The minimum absolute atomic E-state index is 0.0445. The Bertz CT molecular complexity index is 896. The smallest absolute Gasteiger partial charge is 0.308 e. The van der Waals surface area contributed by atoms with Crippen molar-refractivity contribution in [3.63, 3.8) is 0 Å². The standard InChI is InChI=1S/C23H25ClFNO4/c24-20-5-2-6-21(25)18(20)14-30-17-4-1-3-16(11-17)12-26-13-19(22(27)28)23(15-26)7-9-29-10-8-23/h1-6,11,19H,7-10,12-15H2,(H,27,28). The van der Waals surface area contributed by atoms with E-state index >= 15 is 0 Å². The first-order chi connectivity index (χ1) is 14.5. The zero-order valence-corrected chi connectivity index (χ0v) is 17.4. The van der Waals surface area contributed by atoms with Gasteiger partial charge in [-0.1, -0.05) is 29.8 Å². The highest BCUT2D eigenvalue weighted by Crippen LogP contribution is 2.44. The Morgan fingerprint density at radius 1 is 1.27 bits per heavy atom. The maximum absolute atomic E-state index is 14.0. The van der Waals surface area contributed by atoms with Crippen LogP contribution in [0.4, 0.5) is 4.39 Å². The number of hydrogen-bond donors (Lipinski definition) is 1. The maximum Gasteiger partial charge on any atom is 0.308 e. The summed E-state index contributed by atoms with van der Waals surface area (Å²) in [5, 5.41) is 10.1. The van der Waals surface area contributed by atoms with Crippen molar-refractivity contribution in [2.45, 2.75) is 26.0 Å². The molecule has 0 bridgehead atoms. The Labute approximate surface area is 180 Å². The molecule has 7 heteroatoms. The van der Waals surface area contributed by atoms with Crippen molar-refractivity contribution in [2.24, 2.45) is 11.3 Å². The minimum Gasteiger partial charge on any atom is -0.489 e. The molecule has 2 heterocycles. The summed E-state index contributed by atoms with van der Waals surface area (Å²) in [6.07, 6.45) is 1.57. The van der Waals surface area contributed by atoms with Gasteiger partial charge in [0.05, 0.1) is 10.9 Å².